The fourth-order valence-electron chi connectivity index (χ4n) is 4.75. The zero-order valence-corrected chi connectivity index (χ0v) is 15.3. The highest BCUT2D eigenvalue weighted by Gasteiger charge is 2.60. The van der Waals surface area contributed by atoms with Gasteiger partial charge in [-0.25, -0.2) is 0 Å². The van der Waals surface area contributed by atoms with Crippen LogP contribution in [0.3, 0.4) is 0 Å². The van der Waals surface area contributed by atoms with Crippen molar-refractivity contribution in [1.29, 1.82) is 0 Å². The van der Waals surface area contributed by atoms with E-state index < -0.39 is 0 Å². The number of hydrogen-bond acceptors (Lipinski definition) is 3. The molecular weight excluding hydrogens is 300 g/mol. The van der Waals surface area contributed by atoms with Crippen molar-refractivity contribution in [3.63, 3.8) is 0 Å². The predicted octanol–water partition coefficient (Wildman–Crippen LogP) is 3.00. The van der Waals surface area contributed by atoms with E-state index >= 15 is 0 Å². The summed E-state index contributed by atoms with van der Waals surface area (Å²) in [5.41, 5.74) is 1.33. The first kappa shape index (κ1) is 17.4. The van der Waals surface area contributed by atoms with Crippen molar-refractivity contribution in [2.24, 2.45) is 11.3 Å². The summed E-state index contributed by atoms with van der Waals surface area (Å²) < 4.78 is 5.87. The van der Waals surface area contributed by atoms with E-state index in [0.29, 0.717) is 24.5 Å². The molecule has 1 N–H and O–H groups in total. The van der Waals surface area contributed by atoms with E-state index in [9.17, 15) is 4.79 Å². The number of rotatable bonds is 6. The van der Waals surface area contributed by atoms with Crippen LogP contribution < -0.4 is 5.32 Å². The maximum atomic E-state index is 12.3. The topological polar surface area (TPSA) is 41.6 Å². The van der Waals surface area contributed by atoms with Crippen molar-refractivity contribution in [2.45, 2.75) is 51.8 Å². The molecule has 4 heteroatoms. The number of nitrogens with zero attached hydrogens (tertiary/aromatic N) is 1. The van der Waals surface area contributed by atoms with Crippen molar-refractivity contribution in [1.82, 2.24) is 10.2 Å². The van der Waals surface area contributed by atoms with Crippen LogP contribution in [0, 0.1) is 11.3 Å². The van der Waals surface area contributed by atoms with E-state index in [4.69, 9.17) is 4.74 Å². The van der Waals surface area contributed by atoms with Gasteiger partial charge in [0.05, 0.1) is 12.1 Å². The summed E-state index contributed by atoms with van der Waals surface area (Å²) in [6.45, 7) is 8.30. The number of hydrogen-bond donors (Lipinski definition) is 1. The van der Waals surface area contributed by atoms with Crippen molar-refractivity contribution >= 4 is 5.91 Å². The summed E-state index contributed by atoms with van der Waals surface area (Å²) in [6.07, 6.45) is 2.09. The Balaban J connectivity index is 1.48. The Bertz CT molecular complexity index is 572. The fourth-order valence-corrected chi connectivity index (χ4v) is 4.75. The molecule has 4 nitrogen and oxygen atoms in total. The first-order chi connectivity index (χ1) is 11.4. The van der Waals surface area contributed by atoms with Gasteiger partial charge in [0, 0.05) is 36.9 Å². The minimum Gasteiger partial charge on any atom is -0.377 e. The van der Waals surface area contributed by atoms with Gasteiger partial charge >= 0.3 is 0 Å². The Hall–Kier alpha value is -1.39. The van der Waals surface area contributed by atoms with Gasteiger partial charge < -0.3 is 15.0 Å². The van der Waals surface area contributed by atoms with Crippen molar-refractivity contribution in [3.05, 3.63) is 35.9 Å². The van der Waals surface area contributed by atoms with Crippen LogP contribution in [0.25, 0.3) is 0 Å². The van der Waals surface area contributed by atoms with Gasteiger partial charge in [-0.05, 0) is 26.0 Å². The molecular formula is C20H30N2O2. The summed E-state index contributed by atoms with van der Waals surface area (Å²) >= 11 is 0. The van der Waals surface area contributed by atoms with Gasteiger partial charge in [-0.2, -0.15) is 0 Å². The maximum Gasteiger partial charge on any atom is 0.221 e. The van der Waals surface area contributed by atoms with Crippen LogP contribution in [-0.4, -0.2) is 43.2 Å². The molecule has 0 bridgehead atoms. The molecule has 1 saturated carbocycles. The molecule has 3 rings (SSSR count). The standard InChI is InChI=1S/C20H30N2O2/c1-14(15-8-6-5-7-9-15)21-17(23)10-12-22(4)18-16-11-13-24-19(16)20(18,2)3/h5-9,14,16,18-19H,10-13H2,1-4H3,(H,21,23)/t14-,16-,18+,19+/m0/s1. The number of nitrogens with one attached hydrogen (secondary N) is 1. The van der Waals surface area contributed by atoms with Crippen LogP contribution in [0.4, 0.5) is 0 Å². The molecule has 1 aliphatic carbocycles. The van der Waals surface area contributed by atoms with Gasteiger partial charge in [0.1, 0.15) is 0 Å². The lowest BCUT2D eigenvalue weighted by Gasteiger charge is -2.58. The molecule has 0 aromatic heterocycles. The summed E-state index contributed by atoms with van der Waals surface area (Å²) in [7, 11) is 2.15. The quantitative estimate of drug-likeness (QED) is 0.872. The normalized spacial score (nSPS) is 29.0. The number of fused-ring (bicyclic) bond motifs is 1. The van der Waals surface area contributed by atoms with Gasteiger partial charge in [0.2, 0.25) is 5.91 Å². The van der Waals surface area contributed by atoms with E-state index in [2.05, 4.69) is 31.1 Å². The van der Waals surface area contributed by atoms with Gasteiger partial charge in [-0.15, -0.1) is 0 Å². The molecule has 24 heavy (non-hydrogen) atoms. The average Bonchev–Trinajstić information content (AvgIpc) is 3.00. The van der Waals surface area contributed by atoms with E-state index in [1.807, 2.05) is 37.3 Å². The molecule has 0 radical (unpaired) electrons. The number of amides is 1. The maximum absolute atomic E-state index is 12.3. The number of carbonyl (C=O) groups excluding carboxylic acids is 1. The number of carbonyl (C=O) groups is 1. The number of ether oxygens (including phenoxy) is 1. The molecule has 1 aromatic carbocycles. The summed E-state index contributed by atoms with van der Waals surface area (Å²) in [5.74, 6) is 0.755. The van der Waals surface area contributed by atoms with Gasteiger partial charge in [-0.1, -0.05) is 44.2 Å². The van der Waals surface area contributed by atoms with Crippen LogP contribution in [0.1, 0.15) is 45.2 Å². The lowest BCUT2D eigenvalue weighted by Crippen LogP contribution is -2.66. The van der Waals surface area contributed by atoms with Gasteiger partial charge in [0.25, 0.3) is 0 Å². The highest BCUT2D eigenvalue weighted by Crippen LogP contribution is 2.54. The van der Waals surface area contributed by atoms with Crippen LogP contribution in [0.2, 0.25) is 0 Å². The Morgan fingerprint density at radius 1 is 1.38 bits per heavy atom. The summed E-state index contributed by atoms with van der Waals surface area (Å²) in [6, 6.07) is 10.7. The van der Waals surface area contributed by atoms with E-state index in [0.717, 1.165) is 25.1 Å². The molecule has 1 heterocycles. The van der Waals surface area contributed by atoms with E-state index in [1.54, 1.807) is 0 Å². The van der Waals surface area contributed by atoms with E-state index in [-0.39, 0.29) is 17.4 Å². The number of benzene rings is 1. The molecule has 1 amide bonds. The second-order valence-electron chi connectivity index (χ2n) is 7.94. The summed E-state index contributed by atoms with van der Waals surface area (Å²) in [4.78, 5) is 14.7. The van der Waals surface area contributed by atoms with Crippen molar-refractivity contribution in [2.75, 3.05) is 20.2 Å². The average molecular weight is 330 g/mol. The van der Waals surface area contributed by atoms with Gasteiger partial charge in [0.15, 0.2) is 0 Å². The molecule has 4 atom stereocenters. The highest BCUT2D eigenvalue weighted by atomic mass is 16.5. The Morgan fingerprint density at radius 3 is 2.79 bits per heavy atom. The smallest absolute Gasteiger partial charge is 0.221 e. The van der Waals surface area contributed by atoms with Crippen LogP contribution >= 0.6 is 0 Å². The minimum atomic E-state index is 0.0526. The fraction of sp³-hybridized carbons (Fsp3) is 0.650. The van der Waals surface area contributed by atoms with E-state index in [1.165, 1.54) is 0 Å². The third-order valence-electron chi connectivity index (χ3n) is 5.88. The Morgan fingerprint density at radius 2 is 2.08 bits per heavy atom. The Kier molecular flexibility index (Phi) is 4.97. The molecule has 0 unspecified atom stereocenters. The largest absolute Gasteiger partial charge is 0.377 e. The lowest BCUT2D eigenvalue weighted by molar-refractivity contribution is -0.150. The zero-order valence-electron chi connectivity index (χ0n) is 15.3. The molecule has 1 saturated heterocycles. The molecule has 2 aliphatic rings. The van der Waals surface area contributed by atoms with Crippen LogP contribution in [-0.2, 0) is 9.53 Å². The monoisotopic (exact) mass is 330 g/mol. The zero-order chi connectivity index (χ0) is 17.3. The minimum absolute atomic E-state index is 0.0526. The molecule has 1 aromatic rings. The molecule has 2 fully saturated rings. The third kappa shape index (κ3) is 3.22. The molecule has 132 valence electrons. The molecule has 0 spiro atoms. The third-order valence-corrected chi connectivity index (χ3v) is 5.88. The first-order valence-electron chi connectivity index (χ1n) is 9.07. The van der Waals surface area contributed by atoms with Crippen molar-refractivity contribution < 1.29 is 9.53 Å². The highest BCUT2D eigenvalue weighted by molar-refractivity contribution is 5.76. The lowest BCUT2D eigenvalue weighted by atomic mass is 9.57. The second kappa shape index (κ2) is 6.85. The second-order valence-corrected chi connectivity index (χ2v) is 7.94. The van der Waals surface area contributed by atoms with Crippen molar-refractivity contribution in [3.8, 4) is 0 Å². The predicted molar refractivity (Wildman–Crippen MR) is 95.7 cm³/mol. The first-order valence-corrected chi connectivity index (χ1v) is 9.07. The molecule has 1 aliphatic heterocycles. The SMILES string of the molecule is C[C@H](NC(=O)CCN(C)[C@@H]1[C@@H]2CCO[C@H]2C1(C)C)c1ccccc1. The Labute approximate surface area is 145 Å². The van der Waals surface area contributed by atoms with Gasteiger partial charge in [-0.3, -0.25) is 4.79 Å². The summed E-state index contributed by atoms with van der Waals surface area (Å²) in [5, 5.41) is 3.10. The van der Waals surface area contributed by atoms with Crippen LogP contribution in [0.5, 0.6) is 0 Å². The van der Waals surface area contributed by atoms with Crippen LogP contribution in [0.15, 0.2) is 30.3 Å².